The summed E-state index contributed by atoms with van der Waals surface area (Å²) in [5.41, 5.74) is 2.49. The Balaban J connectivity index is 2.01. The number of rotatable bonds is 5. The van der Waals surface area contributed by atoms with Crippen molar-refractivity contribution in [1.29, 1.82) is 0 Å². The van der Waals surface area contributed by atoms with Crippen LogP contribution in [0.4, 0.5) is 11.4 Å². The van der Waals surface area contributed by atoms with E-state index in [1.54, 1.807) is 12.1 Å². The van der Waals surface area contributed by atoms with Gasteiger partial charge in [-0.1, -0.05) is 44.2 Å². The number of non-ortho nitro benzene ring substituents is 1. The molecule has 0 unspecified atom stereocenters. The lowest BCUT2D eigenvalue weighted by molar-refractivity contribution is -0.384. The first kappa shape index (κ1) is 16.4. The van der Waals surface area contributed by atoms with Crippen molar-refractivity contribution in [1.82, 2.24) is 0 Å². The van der Waals surface area contributed by atoms with Gasteiger partial charge in [-0.15, -0.1) is 0 Å². The van der Waals surface area contributed by atoms with Gasteiger partial charge in [0.2, 0.25) is 5.91 Å². The smallest absolute Gasteiger partial charge is 0.271 e. The third-order valence-electron chi connectivity index (χ3n) is 3.35. The molecule has 2 aromatic rings. The third kappa shape index (κ3) is 4.78. The van der Waals surface area contributed by atoms with Crippen LogP contribution in [0.2, 0.25) is 0 Å². The largest absolute Gasteiger partial charge is 0.322 e. The molecule has 1 N–H and O–H groups in total. The average molecular weight is 310 g/mol. The van der Waals surface area contributed by atoms with E-state index in [9.17, 15) is 14.9 Å². The maximum atomic E-state index is 11.9. The number of anilines is 1. The zero-order valence-electron chi connectivity index (χ0n) is 13.0. The summed E-state index contributed by atoms with van der Waals surface area (Å²) in [6, 6.07) is 13.8. The Morgan fingerprint density at radius 3 is 2.48 bits per heavy atom. The van der Waals surface area contributed by atoms with Crippen molar-refractivity contribution in [2.24, 2.45) is 0 Å². The zero-order chi connectivity index (χ0) is 16.8. The van der Waals surface area contributed by atoms with Gasteiger partial charge in [-0.3, -0.25) is 14.9 Å². The highest BCUT2D eigenvalue weighted by Crippen LogP contribution is 2.17. The average Bonchev–Trinajstić information content (AvgIpc) is 2.53. The number of amides is 1. The topological polar surface area (TPSA) is 72.2 Å². The summed E-state index contributed by atoms with van der Waals surface area (Å²) < 4.78 is 0. The molecule has 0 saturated carbocycles. The second-order valence-corrected chi connectivity index (χ2v) is 5.45. The number of hydrogen-bond acceptors (Lipinski definition) is 3. The van der Waals surface area contributed by atoms with Crippen molar-refractivity contribution in [2.75, 3.05) is 5.32 Å². The molecule has 1 amide bonds. The van der Waals surface area contributed by atoms with Gasteiger partial charge >= 0.3 is 0 Å². The van der Waals surface area contributed by atoms with Crippen LogP contribution in [0, 0.1) is 10.1 Å². The molecule has 0 bridgehead atoms. The third-order valence-corrected chi connectivity index (χ3v) is 3.35. The van der Waals surface area contributed by atoms with Crippen LogP contribution in [0.1, 0.15) is 30.9 Å². The van der Waals surface area contributed by atoms with Gasteiger partial charge in [0.25, 0.3) is 5.69 Å². The summed E-state index contributed by atoms with van der Waals surface area (Å²) in [6.07, 6.45) is 3.11. The normalized spacial score (nSPS) is 10.9. The van der Waals surface area contributed by atoms with Crippen LogP contribution >= 0.6 is 0 Å². The van der Waals surface area contributed by atoms with Crippen molar-refractivity contribution in [2.45, 2.75) is 19.8 Å². The van der Waals surface area contributed by atoms with Crippen LogP contribution in [-0.4, -0.2) is 10.8 Å². The molecular formula is C18H18N2O3. The number of nitro benzene ring substituents is 1. The summed E-state index contributed by atoms with van der Waals surface area (Å²) in [7, 11) is 0. The van der Waals surface area contributed by atoms with E-state index in [2.05, 4.69) is 19.2 Å². The van der Waals surface area contributed by atoms with Crippen molar-refractivity contribution in [3.05, 3.63) is 75.8 Å². The van der Waals surface area contributed by atoms with Crippen molar-refractivity contribution < 1.29 is 9.72 Å². The summed E-state index contributed by atoms with van der Waals surface area (Å²) >= 11 is 0. The molecule has 5 nitrogen and oxygen atoms in total. The van der Waals surface area contributed by atoms with Gasteiger partial charge in [0.15, 0.2) is 0 Å². The number of benzene rings is 2. The van der Waals surface area contributed by atoms with Crippen molar-refractivity contribution in [3.63, 3.8) is 0 Å². The van der Waals surface area contributed by atoms with Crippen LogP contribution in [0.15, 0.2) is 54.6 Å². The summed E-state index contributed by atoms with van der Waals surface area (Å²) in [5.74, 6) is 0.128. The molecule has 0 heterocycles. The van der Waals surface area contributed by atoms with Crippen LogP contribution in [-0.2, 0) is 4.79 Å². The number of hydrogen-bond donors (Lipinski definition) is 1. The minimum Gasteiger partial charge on any atom is -0.322 e. The van der Waals surface area contributed by atoms with E-state index in [4.69, 9.17) is 0 Å². The molecule has 0 aromatic heterocycles. The maximum Gasteiger partial charge on any atom is 0.271 e. The van der Waals surface area contributed by atoms with Gasteiger partial charge in [-0.25, -0.2) is 0 Å². The highest BCUT2D eigenvalue weighted by Gasteiger charge is 2.06. The highest BCUT2D eigenvalue weighted by atomic mass is 16.6. The molecule has 118 valence electrons. The predicted octanol–water partition coefficient (Wildman–Crippen LogP) is 4.37. The van der Waals surface area contributed by atoms with Gasteiger partial charge in [0.1, 0.15) is 0 Å². The fraction of sp³-hybridized carbons (Fsp3) is 0.167. The van der Waals surface area contributed by atoms with Gasteiger partial charge in [0.05, 0.1) is 4.92 Å². The molecule has 0 aliphatic rings. The first-order valence-corrected chi connectivity index (χ1v) is 7.29. The fourth-order valence-corrected chi connectivity index (χ4v) is 2.05. The number of nitrogens with one attached hydrogen (secondary N) is 1. The van der Waals surface area contributed by atoms with E-state index in [0.29, 0.717) is 11.6 Å². The second-order valence-electron chi connectivity index (χ2n) is 5.45. The Morgan fingerprint density at radius 1 is 1.17 bits per heavy atom. The number of carbonyl (C=O) groups is 1. The van der Waals surface area contributed by atoms with E-state index in [0.717, 1.165) is 5.56 Å². The van der Waals surface area contributed by atoms with Gasteiger partial charge < -0.3 is 5.32 Å². The minimum absolute atomic E-state index is 0.0592. The first-order valence-electron chi connectivity index (χ1n) is 7.29. The SMILES string of the molecule is CC(C)c1ccc(C=CC(=O)Nc2cccc([N+](=O)[O-])c2)cc1. The van der Waals surface area contributed by atoms with Crippen LogP contribution in [0.25, 0.3) is 6.08 Å². The van der Waals surface area contributed by atoms with Gasteiger partial charge in [0, 0.05) is 23.9 Å². The molecule has 23 heavy (non-hydrogen) atoms. The quantitative estimate of drug-likeness (QED) is 0.506. The van der Waals surface area contributed by atoms with Crippen LogP contribution in [0.5, 0.6) is 0 Å². The van der Waals surface area contributed by atoms with E-state index in [1.165, 1.54) is 29.8 Å². The molecule has 0 atom stereocenters. The molecule has 0 fully saturated rings. The molecule has 2 rings (SSSR count). The Hall–Kier alpha value is -2.95. The Morgan fingerprint density at radius 2 is 1.87 bits per heavy atom. The summed E-state index contributed by atoms with van der Waals surface area (Å²) in [5, 5.41) is 13.3. The summed E-state index contributed by atoms with van der Waals surface area (Å²) in [4.78, 5) is 22.1. The molecular weight excluding hydrogens is 292 g/mol. The Labute approximate surface area is 134 Å². The second kappa shape index (κ2) is 7.35. The lowest BCUT2D eigenvalue weighted by atomic mass is 10.0. The Bertz CT molecular complexity index is 734. The number of nitrogens with zero attached hydrogens (tertiary/aromatic N) is 1. The molecule has 0 saturated heterocycles. The molecule has 0 aliphatic carbocycles. The van der Waals surface area contributed by atoms with E-state index >= 15 is 0 Å². The lowest BCUT2D eigenvalue weighted by Gasteiger charge is -2.04. The fourth-order valence-electron chi connectivity index (χ4n) is 2.05. The molecule has 0 aliphatic heterocycles. The minimum atomic E-state index is -0.498. The highest BCUT2D eigenvalue weighted by molar-refractivity contribution is 6.02. The molecule has 5 heteroatoms. The number of nitro groups is 1. The summed E-state index contributed by atoms with van der Waals surface area (Å²) in [6.45, 7) is 4.24. The Kier molecular flexibility index (Phi) is 5.25. The van der Waals surface area contributed by atoms with E-state index in [1.807, 2.05) is 24.3 Å². The zero-order valence-corrected chi connectivity index (χ0v) is 13.0. The van der Waals surface area contributed by atoms with Gasteiger partial charge in [-0.05, 0) is 29.2 Å². The predicted molar refractivity (Wildman–Crippen MR) is 91.3 cm³/mol. The monoisotopic (exact) mass is 310 g/mol. The molecule has 0 radical (unpaired) electrons. The van der Waals surface area contributed by atoms with Crippen LogP contribution in [0.3, 0.4) is 0 Å². The molecule has 2 aromatic carbocycles. The molecule has 0 spiro atoms. The first-order chi connectivity index (χ1) is 11.0. The standard InChI is InChI=1S/C18H18N2O3/c1-13(2)15-9-6-14(7-10-15)8-11-18(21)19-16-4-3-5-17(12-16)20(22)23/h3-13H,1-2H3,(H,19,21). The van der Waals surface area contributed by atoms with E-state index < -0.39 is 4.92 Å². The number of carbonyl (C=O) groups excluding carboxylic acids is 1. The van der Waals surface area contributed by atoms with Crippen molar-refractivity contribution in [3.8, 4) is 0 Å². The van der Waals surface area contributed by atoms with E-state index in [-0.39, 0.29) is 11.6 Å². The van der Waals surface area contributed by atoms with Crippen molar-refractivity contribution >= 4 is 23.4 Å². The van der Waals surface area contributed by atoms with Crippen LogP contribution < -0.4 is 5.32 Å². The lowest BCUT2D eigenvalue weighted by Crippen LogP contribution is -2.07. The van der Waals surface area contributed by atoms with Gasteiger partial charge in [-0.2, -0.15) is 0 Å². The maximum absolute atomic E-state index is 11.9.